The first-order valence-corrected chi connectivity index (χ1v) is 38.1. The van der Waals surface area contributed by atoms with Gasteiger partial charge in [0.05, 0.1) is 0 Å². The first-order chi connectivity index (χ1) is 47.7. The summed E-state index contributed by atoms with van der Waals surface area (Å²) >= 11 is 0. The van der Waals surface area contributed by atoms with Crippen LogP contribution < -0.4 is 43.4 Å². The van der Waals surface area contributed by atoms with Crippen molar-refractivity contribution in [2.24, 2.45) is 31.4 Å². The molecule has 0 aliphatic carbocycles. The number of carbonyl (C=O) groups excluding carboxylic acids is 9. The number of aliphatic imine (C=N–C) groups is 4. The first kappa shape index (κ1) is 108. The molecular formula is C78H154N12O12. The van der Waals surface area contributed by atoms with Gasteiger partial charge in [-0.05, 0) is 287 Å². The largest absolute Gasteiger partial charge is 0.442 e. The predicted octanol–water partition coefficient (Wildman–Crippen LogP) is 14.1. The smallest absolute Gasteiger partial charge is 0.434 e. The Balaban J connectivity index is -0.000000274. The van der Waals surface area contributed by atoms with Gasteiger partial charge in [-0.25, -0.2) is 14.4 Å². The van der Waals surface area contributed by atoms with Crippen molar-refractivity contribution in [1.29, 1.82) is 0 Å². The molecule has 0 aromatic rings. The molecule has 10 N–H and O–H groups in total. The van der Waals surface area contributed by atoms with E-state index in [-0.39, 0.29) is 17.3 Å². The van der Waals surface area contributed by atoms with Crippen LogP contribution in [0.25, 0.3) is 0 Å². The molecule has 0 spiro atoms. The third-order valence-electron chi connectivity index (χ3n) is 14.0. The van der Waals surface area contributed by atoms with Crippen LogP contribution in [-0.2, 0) is 43.0 Å². The van der Waals surface area contributed by atoms with Crippen LogP contribution in [0, 0.1) is 0 Å². The van der Waals surface area contributed by atoms with Crippen molar-refractivity contribution < 1.29 is 57.4 Å². The van der Waals surface area contributed by atoms with Crippen LogP contribution in [0.2, 0.25) is 0 Å². The van der Waals surface area contributed by atoms with E-state index >= 15 is 0 Å². The van der Waals surface area contributed by atoms with E-state index in [1.807, 2.05) is 76.3 Å². The van der Waals surface area contributed by atoms with Crippen LogP contribution in [0.4, 0.5) is 14.4 Å². The minimum Gasteiger partial charge on any atom is -0.442 e. The van der Waals surface area contributed by atoms with Crippen LogP contribution in [0.1, 0.15) is 312 Å². The third-order valence-corrected chi connectivity index (χ3v) is 14.0. The van der Waals surface area contributed by atoms with Gasteiger partial charge in [0.15, 0.2) is 0 Å². The Labute approximate surface area is 620 Å². The van der Waals surface area contributed by atoms with Crippen LogP contribution in [0.3, 0.4) is 0 Å². The fourth-order valence-electron chi connectivity index (χ4n) is 8.67. The number of hydrogen-bond donors (Lipinski definition) is 8. The van der Waals surface area contributed by atoms with E-state index in [0.717, 1.165) is 212 Å². The Hall–Kier alpha value is -5.21. The van der Waals surface area contributed by atoms with Gasteiger partial charge >= 0.3 is 18.3 Å². The van der Waals surface area contributed by atoms with Crippen molar-refractivity contribution in [3.05, 3.63) is 0 Å². The molecule has 0 saturated heterocycles. The summed E-state index contributed by atoms with van der Waals surface area (Å²) in [6.07, 6.45) is 24.8. The maximum Gasteiger partial charge on any atom is 0.434 e. The Morgan fingerprint density at radius 2 is 0.569 bits per heavy atom. The zero-order valence-corrected chi connectivity index (χ0v) is 68.7. The Morgan fingerprint density at radius 3 is 0.784 bits per heavy atom. The minimum atomic E-state index is -0.543. The molecule has 598 valence electrons. The summed E-state index contributed by atoms with van der Waals surface area (Å²) in [6, 6.07) is 0.511. The average molecular weight is 1450 g/mol. The number of hydrogen-bond acceptors (Lipinski definition) is 21. The lowest BCUT2D eigenvalue weighted by molar-refractivity contribution is -0.117. The number of nitrogens with zero attached hydrogens (tertiary/aromatic N) is 4. The fraction of sp³-hybridized carbons (Fsp3) is 0.833. The van der Waals surface area contributed by atoms with Gasteiger partial charge in [-0.15, -0.1) is 0 Å². The van der Waals surface area contributed by atoms with Crippen LogP contribution in [0.15, 0.2) is 20.0 Å². The Bertz CT molecular complexity index is 2130. The average Bonchev–Trinajstić information content (AvgIpc) is 0.954. The van der Waals surface area contributed by atoms with E-state index in [4.69, 9.17) is 25.7 Å². The number of nitrogens with one attached hydrogen (secondary N) is 6. The number of rotatable bonds is 51. The molecule has 102 heavy (non-hydrogen) atoms. The molecular weight excluding hydrogens is 1300 g/mol. The number of nitrogens with two attached hydrogens (primary N) is 2. The molecule has 0 fully saturated rings. The molecule has 1 atom stereocenters. The van der Waals surface area contributed by atoms with Crippen molar-refractivity contribution in [1.82, 2.24) is 31.9 Å². The highest BCUT2D eigenvalue weighted by Gasteiger charge is 2.18. The predicted molar refractivity (Wildman–Crippen MR) is 426 cm³/mol. The van der Waals surface area contributed by atoms with Gasteiger partial charge in [0.1, 0.15) is 51.5 Å². The summed E-state index contributed by atoms with van der Waals surface area (Å²) in [5, 5.41) is 19.7. The number of ketones is 6. The SMILES string of the molecule is CC(=O)CCCCCNC(CCN)CCCN.CC(=O)CCCCCNCC(C)=NC(=O)OC(C)(C)C.CC(=O)CCCCCNCC(C)=NC(=O)OC(C)(C)C.CC(=O)CCCCCNCC(C)=NC(=O)OC(C)(C)C.CCNCCCCCC(C)=O.CN=C(C)CNCCCCCC(C)=O. The summed E-state index contributed by atoms with van der Waals surface area (Å²) < 4.78 is 15.3. The summed E-state index contributed by atoms with van der Waals surface area (Å²) in [6.45, 7) is 46.5. The Morgan fingerprint density at radius 1 is 0.324 bits per heavy atom. The zero-order valence-electron chi connectivity index (χ0n) is 68.7. The minimum absolute atomic E-state index is 0.248. The quantitative estimate of drug-likeness (QED) is 0.0159. The lowest BCUT2D eigenvalue weighted by Crippen LogP contribution is -2.32. The normalized spacial score (nSPS) is 12.1. The van der Waals surface area contributed by atoms with Gasteiger partial charge in [0.2, 0.25) is 0 Å². The van der Waals surface area contributed by atoms with E-state index in [2.05, 4.69) is 58.8 Å². The molecule has 1 unspecified atom stereocenters. The molecule has 0 aliphatic heterocycles. The third kappa shape index (κ3) is 108. The van der Waals surface area contributed by atoms with Crippen molar-refractivity contribution in [2.45, 2.75) is 335 Å². The molecule has 0 aromatic heterocycles. The van der Waals surface area contributed by atoms with E-state index in [9.17, 15) is 43.2 Å². The van der Waals surface area contributed by atoms with Gasteiger partial charge in [-0.1, -0.05) is 45.4 Å². The summed E-state index contributed by atoms with van der Waals surface area (Å²) in [7, 11) is 1.81. The van der Waals surface area contributed by atoms with Gasteiger partial charge in [-0.2, -0.15) is 15.0 Å². The molecule has 0 bridgehead atoms. The van der Waals surface area contributed by atoms with Crippen molar-refractivity contribution in [3.8, 4) is 0 Å². The van der Waals surface area contributed by atoms with Crippen LogP contribution >= 0.6 is 0 Å². The van der Waals surface area contributed by atoms with E-state index in [0.29, 0.717) is 79.4 Å². The Kier molecular flexibility index (Phi) is 78.2. The van der Waals surface area contributed by atoms with Crippen molar-refractivity contribution >= 4 is 75.8 Å². The lowest BCUT2D eigenvalue weighted by atomic mass is 10.1. The van der Waals surface area contributed by atoms with E-state index < -0.39 is 35.1 Å². The highest BCUT2D eigenvalue weighted by molar-refractivity contribution is 5.94. The van der Waals surface area contributed by atoms with Gasteiger partial charge in [-0.3, -0.25) is 4.99 Å². The van der Waals surface area contributed by atoms with Crippen molar-refractivity contribution in [3.63, 3.8) is 0 Å². The lowest BCUT2D eigenvalue weighted by Gasteiger charge is -2.17. The molecule has 0 aliphatic rings. The number of amides is 3. The topological polar surface area (TPSA) is 355 Å². The number of carbonyl (C=O) groups is 9. The summed E-state index contributed by atoms with van der Waals surface area (Å²) in [5.41, 5.74) is 12.8. The van der Waals surface area contributed by atoms with Crippen LogP contribution in [-0.4, -0.2) is 191 Å². The highest BCUT2D eigenvalue weighted by atomic mass is 16.6. The second-order valence-corrected chi connectivity index (χ2v) is 29.2. The van der Waals surface area contributed by atoms with Gasteiger partial charge < -0.3 is 86.3 Å². The fourth-order valence-corrected chi connectivity index (χ4v) is 8.67. The van der Waals surface area contributed by atoms with E-state index in [1.54, 1.807) is 62.3 Å². The molecule has 0 radical (unpaired) electrons. The number of ether oxygens (including phenoxy) is 3. The highest BCUT2D eigenvalue weighted by Crippen LogP contribution is 2.11. The van der Waals surface area contributed by atoms with Gasteiger partial charge in [0.25, 0.3) is 0 Å². The number of unbranched alkanes of at least 4 members (excludes halogenated alkanes) is 12. The van der Waals surface area contributed by atoms with Gasteiger partial charge in [0, 0.05) is 101 Å². The number of Topliss-reactive ketones (excluding diaryl/α,β-unsaturated/α-hetero) is 6. The first-order valence-electron chi connectivity index (χ1n) is 38.1. The monoisotopic (exact) mass is 1450 g/mol. The maximum atomic E-state index is 11.4. The molecule has 24 nitrogen and oxygen atoms in total. The maximum absolute atomic E-state index is 11.4. The van der Waals surface area contributed by atoms with Crippen LogP contribution in [0.5, 0.6) is 0 Å². The second-order valence-electron chi connectivity index (χ2n) is 29.2. The molecule has 0 heterocycles. The summed E-state index contributed by atoms with van der Waals surface area (Å²) in [5.74, 6) is 1.65. The molecule has 24 heteroatoms. The zero-order chi connectivity index (χ0) is 79.1. The molecule has 3 amide bonds. The van der Waals surface area contributed by atoms with Crippen molar-refractivity contribution in [2.75, 3.05) is 92.1 Å². The molecule has 0 rings (SSSR count). The second kappa shape index (κ2) is 74.1. The summed E-state index contributed by atoms with van der Waals surface area (Å²) in [4.78, 5) is 114. The molecule has 0 aromatic carbocycles. The van der Waals surface area contributed by atoms with E-state index in [1.165, 1.54) is 12.8 Å². The molecule has 0 saturated carbocycles. The standard InChI is InChI=1S/3C15H28N2O3.C13H29N3O.C11H22N2O.C9H19NO/c3*1-12(17-14(19)20-15(3,4)5)11-16-10-8-6-7-9-13(2)18;1-12(17)6-3-2-4-11-16-13(8-10-15)7-5-9-14;1-10(12-3)9-13-8-6-4-5-7-11(2)14;1-3-10-8-6-4-5-7-9(2)11/h3*16H,6-11H2,1-5H3;13,16H,2-11,14-15H2,1H3;13H,4-9H2,1-3H3;10H,3-8H2,1-2H3.